The molecule has 110 valence electrons. The summed E-state index contributed by atoms with van der Waals surface area (Å²) in [5, 5.41) is 3.53. The fourth-order valence-corrected chi connectivity index (χ4v) is 2.93. The molecule has 0 aliphatic heterocycles. The second-order valence-corrected chi connectivity index (χ2v) is 5.70. The molecule has 0 saturated carbocycles. The topological polar surface area (TPSA) is 38.3 Å². The zero-order chi connectivity index (χ0) is 14.6. The number of aryl methyl sites for hydroxylation is 1. The summed E-state index contributed by atoms with van der Waals surface area (Å²) in [6.45, 7) is 6.56. The van der Waals surface area contributed by atoms with Crippen LogP contribution in [0.3, 0.4) is 0 Å². The molecule has 2 rings (SSSR count). The predicted molar refractivity (Wildman–Crippen MR) is 80.7 cm³/mol. The van der Waals surface area contributed by atoms with Gasteiger partial charge < -0.3 is 4.74 Å². The van der Waals surface area contributed by atoms with Gasteiger partial charge in [0.1, 0.15) is 5.54 Å². The van der Waals surface area contributed by atoms with Crippen LogP contribution in [0.4, 0.5) is 0 Å². The lowest BCUT2D eigenvalue weighted by Gasteiger charge is -2.38. The maximum Gasteiger partial charge on any atom is 0.326 e. The van der Waals surface area contributed by atoms with Gasteiger partial charge in [-0.2, -0.15) is 0 Å². The Morgan fingerprint density at radius 2 is 2.05 bits per heavy atom. The van der Waals surface area contributed by atoms with E-state index in [4.69, 9.17) is 4.74 Å². The summed E-state index contributed by atoms with van der Waals surface area (Å²) >= 11 is 0. The maximum atomic E-state index is 12.5. The summed E-state index contributed by atoms with van der Waals surface area (Å²) in [6.07, 6.45) is 3.47. The highest BCUT2D eigenvalue weighted by Crippen LogP contribution is 2.30. The molecular weight excluding hydrogens is 250 g/mol. The molecule has 1 aromatic carbocycles. The molecule has 0 amide bonds. The summed E-state index contributed by atoms with van der Waals surface area (Å²) in [4.78, 5) is 12.5. The molecule has 3 nitrogen and oxygen atoms in total. The fourth-order valence-electron chi connectivity index (χ4n) is 2.93. The van der Waals surface area contributed by atoms with Crippen molar-refractivity contribution in [2.75, 3.05) is 6.61 Å². The van der Waals surface area contributed by atoms with Crippen LogP contribution < -0.4 is 5.32 Å². The number of carbonyl (C=O) groups is 1. The van der Waals surface area contributed by atoms with E-state index >= 15 is 0 Å². The Hall–Kier alpha value is -1.35. The lowest BCUT2D eigenvalue weighted by Crippen LogP contribution is -2.59. The van der Waals surface area contributed by atoms with E-state index in [9.17, 15) is 4.79 Å². The number of esters is 1. The van der Waals surface area contributed by atoms with Gasteiger partial charge >= 0.3 is 5.97 Å². The first-order valence-electron chi connectivity index (χ1n) is 7.63. The van der Waals surface area contributed by atoms with Gasteiger partial charge in [-0.1, -0.05) is 31.2 Å². The SMILES string of the molecule is CCOC(=O)C1(NC(C)CC)CCc2ccccc2C1. The summed E-state index contributed by atoms with van der Waals surface area (Å²) < 4.78 is 5.34. The van der Waals surface area contributed by atoms with Crippen LogP contribution in [0.5, 0.6) is 0 Å². The van der Waals surface area contributed by atoms with E-state index in [1.807, 2.05) is 13.0 Å². The van der Waals surface area contributed by atoms with Crippen LogP contribution in [-0.4, -0.2) is 24.2 Å². The van der Waals surface area contributed by atoms with Crippen molar-refractivity contribution in [1.82, 2.24) is 5.32 Å². The van der Waals surface area contributed by atoms with Gasteiger partial charge in [0.25, 0.3) is 0 Å². The van der Waals surface area contributed by atoms with E-state index in [2.05, 4.69) is 37.4 Å². The molecule has 0 saturated heterocycles. The Bertz CT molecular complexity index is 472. The standard InChI is InChI=1S/C17H25NO2/c1-4-13(3)18-17(16(19)20-5-2)11-10-14-8-6-7-9-15(14)12-17/h6-9,13,18H,4-5,10-12H2,1-3H3. The molecule has 0 heterocycles. The van der Waals surface area contributed by atoms with E-state index in [1.165, 1.54) is 11.1 Å². The van der Waals surface area contributed by atoms with Crippen LogP contribution in [-0.2, 0) is 22.4 Å². The van der Waals surface area contributed by atoms with Crippen molar-refractivity contribution < 1.29 is 9.53 Å². The maximum absolute atomic E-state index is 12.5. The van der Waals surface area contributed by atoms with Crippen molar-refractivity contribution in [2.24, 2.45) is 0 Å². The van der Waals surface area contributed by atoms with Crippen LogP contribution in [0.25, 0.3) is 0 Å². The fraction of sp³-hybridized carbons (Fsp3) is 0.588. The summed E-state index contributed by atoms with van der Waals surface area (Å²) in [6, 6.07) is 8.71. The first-order valence-corrected chi connectivity index (χ1v) is 7.63. The lowest BCUT2D eigenvalue weighted by molar-refractivity contribution is -0.152. The van der Waals surface area contributed by atoms with Crippen molar-refractivity contribution in [2.45, 2.75) is 58.0 Å². The van der Waals surface area contributed by atoms with E-state index < -0.39 is 5.54 Å². The molecule has 0 aromatic heterocycles. The smallest absolute Gasteiger partial charge is 0.326 e. The lowest BCUT2D eigenvalue weighted by atomic mass is 9.77. The highest BCUT2D eigenvalue weighted by atomic mass is 16.5. The third-order valence-corrected chi connectivity index (χ3v) is 4.23. The number of fused-ring (bicyclic) bond motifs is 1. The van der Waals surface area contributed by atoms with E-state index in [-0.39, 0.29) is 5.97 Å². The molecule has 20 heavy (non-hydrogen) atoms. The first kappa shape index (κ1) is 15.0. The van der Waals surface area contributed by atoms with Crippen molar-refractivity contribution in [3.05, 3.63) is 35.4 Å². The Morgan fingerprint density at radius 1 is 1.35 bits per heavy atom. The number of hydrogen-bond acceptors (Lipinski definition) is 3. The van der Waals surface area contributed by atoms with Gasteiger partial charge in [0.2, 0.25) is 0 Å². The number of hydrogen-bond donors (Lipinski definition) is 1. The number of benzene rings is 1. The van der Waals surface area contributed by atoms with Gasteiger partial charge in [-0.3, -0.25) is 10.1 Å². The van der Waals surface area contributed by atoms with Gasteiger partial charge in [0.05, 0.1) is 6.61 Å². The third kappa shape index (κ3) is 3.04. The Balaban J connectivity index is 2.27. The second-order valence-electron chi connectivity index (χ2n) is 5.70. The van der Waals surface area contributed by atoms with Gasteiger partial charge in [-0.15, -0.1) is 0 Å². The third-order valence-electron chi connectivity index (χ3n) is 4.23. The van der Waals surface area contributed by atoms with E-state index in [0.717, 1.165) is 25.7 Å². The number of nitrogens with one attached hydrogen (secondary N) is 1. The molecular formula is C17H25NO2. The number of rotatable bonds is 5. The van der Waals surface area contributed by atoms with Gasteiger partial charge in [-0.05, 0) is 44.2 Å². The summed E-state index contributed by atoms with van der Waals surface area (Å²) in [5.74, 6) is -0.102. The molecule has 2 atom stereocenters. The van der Waals surface area contributed by atoms with Crippen LogP contribution >= 0.6 is 0 Å². The molecule has 0 spiro atoms. The molecule has 1 aliphatic rings. The molecule has 1 aliphatic carbocycles. The van der Waals surface area contributed by atoms with Crippen molar-refractivity contribution >= 4 is 5.97 Å². The predicted octanol–water partition coefficient (Wildman–Crippen LogP) is 2.87. The zero-order valence-corrected chi connectivity index (χ0v) is 12.7. The highest BCUT2D eigenvalue weighted by molar-refractivity contribution is 5.82. The molecule has 1 aromatic rings. The Morgan fingerprint density at radius 3 is 2.70 bits per heavy atom. The summed E-state index contributed by atoms with van der Waals surface area (Å²) in [7, 11) is 0. The van der Waals surface area contributed by atoms with Gasteiger partial charge in [0, 0.05) is 12.5 Å². The van der Waals surface area contributed by atoms with Crippen molar-refractivity contribution in [3.63, 3.8) is 0 Å². The van der Waals surface area contributed by atoms with Crippen LogP contribution in [0.1, 0.15) is 44.7 Å². The second kappa shape index (κ2) is 6.40. The van der Waals surface area contributed by atoms with Crippen molar-refractivity contribution in [1.29, 1.82) is 0 Å². The molecule has 2 unspecified atom stereocenters. The van der Waals surface area contributed by atoms with E-state index in [0.29, 0.717) is 12.6 Å². The average Bonchev–Trinajstić information content (AvgIpc) is 2.47. The minimum atomic E-state index is -0.556. The Kier molecular flexibility index (Phi) is 4.81. The first-order chi connectivity index (χ1) is 9.61. The average molecular weight is 275 g/mol. The van der Waals surface area contributed by atoms with E-state index in [1.54, 1.807) is 0 Å². The van der Waals surface area contributed by atoms with Gasteiger partial charge in [-0.25, -0.2) is 0 Å². The Labute approximate surface area is 121 Å². The molecule has 1 N–H and O–H groups in total. The van der Waals surface area contributed by atoms with Crippen LogP contribution in [0, 0.1) is 0 Å². The quantitative estimate of drug-likeness (QED) is 0.840. The minimum absolute atomic E-state index is 0.102. The highest BCUT2D eigenvalue weighted by Gasteiger charge is 2.43. The van der Waals surface area contributed by atoms with Crippen molar-refractivity contribution in [3.8, 4) is 0 Å². The molecule has 0 radical (unpaired) electrons. The summed E-state index contributed by atoms with van der Waals surface area (Å²) in [5.41, 5.74) is 2.07. The monoisotopic (exact) mass is 275 g/mol. The number of ether oxygens (including phenoxy) is 1. The molecule has 0 bridgehead atoms. The van der Waals surface area contributed by atoms with Gasteiger partial charge in [0.15, 0.2) is 0 Å². The molecule has 3 heteroatoms. The van der Waals surface area contributed by atoms with Crippen LogP contribution in [0.15, 0.2) is 24.3 Å². The normalized spacial score (nSPS) is 22.9. The number of carbonyl (C=O) groups excluding carboxylic acids is 1. The largest absolute Gasteiger partial charge is 0.465 e. The zero-order valence-electron chi connectivity index (χ0n) is 12.7. The minimum Gasteiger partial charge on any atom is -0.465 e. The molecule has 0 fully saturated rings. The van der Waals surface area contributed by atoms with Crippen LogP contribution in [0.2, 0.25) is 0 Å².